The highest BCUT2D eigenvalue weighted by Crippen LogP contribution is 2.14. The second-order valence-electron chi connectivity index (χ2n) is 9.26. The van der Waals surface area contributed by atoms with Gasteiger partial charge in [0.25, 0.3) is 0 Å². The highest BCUT2D eigenvalue weighted by atomic mass is 16.5. The van der Waals surface area contributed by atoms with Gasteiger partial charge in [0.2, 0.25) is 0 Å². The molecule has 0 aliphatic rings. The van der Waals surface area contributed by atoms with E-state index in [9.17, 15) is 4.79 Å². The van der Waals surface area contributed by atoms with Crippen molar-refractivity contribution in [3.05, 3.63) is 0 Å². The Balaban J connectivity index is 0. The number of carbonyl (C=O) groups excluding carboxylic acids is 1. The second-order valence-corrected chi connectivity index (χ2v) is 9.26. The SMILES string of the molecule is CCC(=O)OC(C)C.CCCCCCCCCCCCCCCCCCCCCC. The Morgan fingerprint density at radius 1 is 0.500 bits per heavy atom. The summed E-state index contributed by atoms with van der Waals surface area (Å²) in [7, 11) is 0. The first kappa shape index (κ1) is 31.7. The molecule has 0 aliphatic carbocycles. The predicted molar refractivity (Wildman–Crippen MR) is 135 cm³/mol. The highest BCUT2D eigenvalue weighted by Gasteiger charge is 1.99. The van der Waals surface area contributed by atoms with Gasteiger partial charge in [0, 0.05) is 6.42 Å². The summed E-state index contributed by atoms with van der Waals surface area (Å²) in [6.07, 6.45) is 29.9. The Morgan fingerprint density at radius 3 is 0.867 bits per heavy atom. The molecule has 0 bridgehead atoms. The summed E-state index contributed by atoms with van der Waals surface area (Å²) >= 11 is 0. The third-order valence-corrected chi connectivity index (χ3v) is 5.61. The van der Waals surface area contributed by atoms with Crippen LogP contribution in [0.4, 0.5) is 0 Å². The molecule has 0 N–H and O–H groups in total. The van der Waals surface area contributed by atoms with Crippen molar-refractivity contribution >= 4 is 5.97 Å². The summed E-state index contributed by atoms with van der Waals surface area (Å²) < 4.78 is 4.76. The van der Waals surface area contributed by atoms with E-state index < -0.39 is 0 Å². The maximum atomic E-state index is 10.4. The summed E-state index contributed by atoms with van der Waals surface area (Å²) in [4.78, 5) is 10.4. The fourth-order valence-electron chi connectivity index (χ4n) is 3.67. The van der Waals surface area contributed by atoms with E-state index in [1.807, 2.05) is 13.8 Å². The molecule has 2 heteroatoms. The number of hydrogen-bond acceptors (Lipinski definition) is 2. The minimum absolute atomic E-state index is 0.0300. The lowest BCUT2D eigenvalue weighted by molar-refractivity contribution is -0.146. The standard InChI is InChI=1S/C22H46.C6H12O2/c1-3-5-7-9-11-13-15-17-19-21-22-20-18-16-14-12-10-8-6-4-2;1-4-6(7)8-5(2)3/h3-22H2,1-2H3;5H,4H2,1-3H3. The van der Waals surface area contributed by atoms with E-state index in [-0.39, 0.29) is 12.1 Å². The van der Waals surface area contributed by atoms with E-state index in [0.29, 0.717) is 6.42 Å². The van der Waals surface area contributed by atoms with Gasteiger partial charge in [-0.25, -0.2) is 0 Å². The van der Waals surface area contributed by atoms with E-state index in [4.69, 9.17) is 4.74 Å². The van der Waals surface area contributed by atoms with Gasteiger partial charge in [-0.3, -0.25) is 4.79 Å². The van der Waals surface area contributed by atoms with Crippen LogP contribution in [0, 0.1) is 0 Å². The highest BCUT2D eigenvalue weighted by molar-refractivity contribution is 5.68. The number of hydrogen-bond donors (Lipinski definition) is 0. The van der Waals surface area contributed by atoms with Crippen LogP contribution < -0.4 is 0 Å². The van der Waals surface area contributed by atoms with Crippen LogP contribution in [0.15, 0.2) is 0 Å². The molecular formula is C28H58O2. The van der Waals surface area contributed by atoms with Crippen LogP contribution >= 0.6 is 0 Å². The van der Waals surface area contributed by atoms with Gasteiger partial charge >= 0.3 is 5.97 Å². The lowest BCUT2D eigenvalue weighted by Gasteiger charge is -2.04. The fourth-order valence-corrected chi connectivity index (χ4v) is 3.67. The van der Waals surface area contributed by atoms with Crippen LogP contribution in [0.25, 0.3) is 0 Å². The van der Waals surface area contributed by atoms with Gasteiger partial charge in [0.1, 0.15) is 0 Å². The van der Waals surface area contributed by atoms with Crippen molar-refractivity contribution in [2.24, 2.45) is 0 Å². The van der Waals surface area contributed by atoms with Crippen LogP contribution in [-0.2, 0) is 9.53 Å². The molecule has 0 aromatic rings. The summed E-state index contributed by atoms with van der Waals surface area (Å²) in [5.41, 5.74) is 0. The van der Waals surface area contributed by atoms with Crippen LogP contribution in [0.1, 0.15) is 169 Å². The maximum Gasteiger partial charge on any atom is 0.305 e. The van der Waals surface area contributed by atoms with Gasteiger partial charge in [0.05, 0.1) is 6.10 Å². The van der Waals surface area contributed by atoms with Gasteiger partial charge in [-0.05, 0) is 13.8 Å². The van der Waals surface area contributed by atoms with Gasteiger partial charge in [0.15, 0.2) is 0 Å². The third kappa shape index (κ3) is 32.1. The van der Waals surface area contributed by atoms with E-state index in [1.165, 1.54) is 128 Å². The van der Waals surface area contributed by atoms with E-state index in [1.54, 1.807) is 6.92 Å². The fraction of sp³-hybridized carbons (Fsp3) is 0.964. The molecule has 0 aliphatic heterocycles. The molecule has 0 amide bonds. The third-order valence-electron chi connectivity index (χ3n) is 5.61. The summed E-state index contributed by atoms with van der Waals surface area (Å²) in [5, 5.41) is 0. The van der Waals surface area contributed by atoms with Crippen molar-refractivity contribution in [3.8, 4) is 0 Å². The topological polar surface area (TPSA) is 26.3 Å². The Labute approximate surface area is 191 Å². The maximum absolute atomic E-state index is 10.4. The molecule has 0 aromatic heterocycles. The molecule has 0 spiro atoms. The first-order chi connectivity index (χ1) is 14.6. The summed E-state index contributed by atoms with van der Waals surface area (Å²) in [6.45, 7) is 10.1. The molecule has 0 radical (unpaired) electrons. The average molecular weight is 427 g/mol. The van der Waals surface area contributed by atoms with Crippen LogP contribution in [0.2, 0.25) is 0 Å². The number of unbranched alkanes of at least 4 members (excludes halogenated alkanes) is 19. The number of rotatable bonds is 21. The minimum Gasteiger partial charge on any atom is -0.463 e. The van der Waals surface area contributed by atoms with Crippen LogP contribution in [-0.4, -0.2) is 12.1 Å². The van der Waals surface area contributed by atoms with Crippen molar-refractivity contribution in [2.75, 3.05) is 0 Å². The van der Waals surface area contributed by atoms with Crippen LogP contribution in [0.3, 0.4) is 0 Å². The Hall–Kier alpha value is -0.530. The van der Waals surface area contributed by atoms with Gasteiger partial charge in [-0.2, -0.15) is 0 Å². The molecule has 0 rings (SSSR count). The zero-order valence-electron chi connectivity index (χ0n) is 21.7. The zero-order chi connectivity index (χ0) is 22.7. The number of esters is 1. The second kappa shape index (κ2) is 28.5. The van der Waals surface area contributed by atoms with Crippen molar-refractivity contribution in [1.82, 2.24) is 0 Å². The summed E-state index contributed by atoms with van der Waals surface area (Å²) in [6, 6.07) is 0. The molecule has 0 unspecified atom stereocenters. The molecular weight excluding hydrogens is 368 g/mol. The monoisotopic (exact) mass is 426 g/mol. The minimum atomic E-state index is -0.125. The number of ether oxygens (including phenoxy) is 1. The van der Waals surface area contributed by atoms with Crippen molar-refractivity contribution < 1.29 is 9.53 Å². The van der Waals surface area contributed by atoms with E-state index in [2.05, 4.69) is 13.8 Å². The molecule has 2 nitrogen and oxygen atoms in total. The first-order valence-electron chi connectivity index (χ1n) is 13.8. The Kier molecular flexibility index (Phi) is 30.0. The van der Waals surface area contributed by atoms with E-state index in [0.717, 1.165) is 0 Å². The van der Waals surface area contributed by atoms with Crippen molar-refractivity contribution in [2.45, 2.75) is 176 Å². The predicted octanol–water partition coefficient (Wildman–Crippen LogP) is 10.2. The molecule has 0 saturated carbocycles. The first-order valence-corrected chi connectivity index (χ1v) is 13.8. The van der Waals surface area contributed by atoms with Crippen molar-refractivity contribution in [3.63, 3.8) is 0 Å². The lowest BCUT2D eigenvalue weighted by Crippen LogP contribution is -2.09. The molecule has 0 atom stereocenters. The van der Waals surface area contributed by atoms with Gasteiger partial charge in [-0.15, -0.1) is 0 Å². The molecule has 0 heterocycles. The molecule has 0 aromatic carbocycles. The molecule has 30 heavy (non-hydrogen) atoms. The summed E-state index contributed by atoms with van der Waals surface area (Å²) in [5.74, 6) is -0.125. The zero-order valence-corrected chi connectivity index (χ0v) is 21.7. The molecule has 182 valence electrons. The molecule has 0 saturated heterocycles. The smallest absolute Gasteiger partial charge is 0.305 e. The number of carbonyl (C=O) groups is 1. The van der Waals surface area contributed by atoms with Gasteiger partial charge < -0.3 is 4.74 Å². The van der Waals surface area contributed by atoms with Crippen LogP contribution in [0.5, 0.6) is 0 Å². The normalized spacial score (nSPS) is 10.7. The largest absolute Gasteiger partial charge is 0.463 e. The van der Waals surface area contributed by atoms with Gasteiger partial charge in [-0.1, -0.05) is 149 Å². The molecule has 0 fully saturated rings. The lowest BCUT2D eigenvalue weighted by atomic mass is 10.0. The van der Waals surface area contributed by atoms with Crippen molar-refractivity contribution in [1.29, 1.82) is 0 Å². The average Bonchev–Trinajstić information content (AvgIpc) is 2.73. The Morgan fingerprint density at radius 2 is 0.733 bits per heavy atom. The Bertz CT molecular complexity index is 292. The quantitative estimate of drug-likeness (QED) is 0.135. The van der Waals surface area contributed by atoms with E-state index >= 15 is 0 Å².